The van der Waals surface area contributed by atoms with Crippen LogP contribution in [0.4, 0.5) is 9.18 Å². The fourth-order valence-electron chi connectivity index (χ4n) is 1.13. The van der Waals surface area contributed by atoms with Gasteiger partial charge in [0, 0.05) is 6.54 Å². The Hall–Kier alpha value is -2.11. The third-order valence-electron chi connectivity index (χ3n) is 1.97. The number of imide groups is 1. The Bertz CT molecular complexity index is 406. The summed E-state index contributed by atoms with van der Waals surface area (Å²) in [7, 11) is 0. The molecular weight excluding hydrogens is 239 g/mol. The largest absolute Gasteiger partial charge is 0.484 e. The van der Waals surface area contributed by atoms with Gasteiger partial charge in [-0.15, -0.1) is 0 Å². The van der Waals surface area contributed by atoms with Crippen LogP contribution in [-0.4, -0.2) is 25.1 Å². The highest BCUT2D eigenvalue weighted by molar-refractivity contribution is 5.94. The van der Waals surface area contributed by atoms with Crippen LogP contribution in [0.2, 0.25) is 0 Å². The predicted octanol–water partition coefficient (Wildman–Crippen LogP) is 1.44. The van der Waals surface area contributed by atoms with E-state index in [0.717, 1.165) is 6.42 Å². The van der Waals surface area contributed by atoms with E-state index in [1.54, 1.807) is 0 Å². The molecule has 0 bridgehead atoms. The van der Waals surface area contributed by atoms with Crippen molar-refractivity contribution in [1.29, 1.82) is 0 Å². The first-order valence-electron chi connectivity index (χ1n) is 5.58. The maximum atomic E-state index is 12.6. The summed E-state index contributed by atoms with van der Waals surface area (Å²) in [5.74, 6) is -0.584. The maximum Gasteiger partial charge on any atom is 0.321 e. The summed E-state index contributed by atoms with van der Waals surface area (Å²) >= 11 is 0. The molecule has 18 heavy (non-hydrogen) atoms. The van der Waals surface area contributed by atoms with Crippen LogP contribution in [0.1, 0.15) is 13.3 Å². The minimum absolute atomic E-state index is 0.300. The van der Waals surface area contributed by atoms with Gasteiger partial charge >= 0.3 is 6.03 Å². The molecule has 0 fully saturated rings. The van der Waals surface area contributed by atoms with E-state index in [4.69, 9.17) is 4.74 Å². The Labute approximate surface area is 104 Å². The predicted molar refractivity (Wildman–Crippen MR) is 63.7 cm³/mol. The standard InChI is InChI=1S/C12H15FN2O3/c1-2-7-14-12(17)15-11(16)8-18-10-5-3-9(13)4-6-10/h3-6H,2,7-8H2,1H3,(H2,14,15,16,17). The normalized spacial score (nSPS) is 9.67. The summed E-state index contributed by atoms with van der Waals surface area (Å²) < 4.78 is 17.7. The number of amides is 3. The summed E-state index contributed by atoms with van der Waals surface area (Å²) in [6.45, 7) is 2.10. The van der Waals surface area contributed by atoms with Crippen LogP contribution in [0.25, 0.3) is 0 Å². The van der Waals surface area contributed by atoms with E-state index in [2.05, 4.69) is 10.6 Å². The van der Waals surface area contributed by atoms with Gasteiger partial charge in [0.05, 0.1) is 0 Å². The van der Waals surface area contributed by atoms with Crippen molar-refractivity contribution in [3.63, 3.8) is 0 Å². The van der Waals surface area contributed by atoms with Gasteiger partial charge in [-0.1, -0.05) is 6.92 Å². The zero-order valence-electron chi connectivity index (χ0n) is 10.0. The van der Waals surface area contributed by atoms with E-state index < -0.39 is 11.9 Å². The van der Waals surface area contributed by atoms with E-state index in [9.17, 15) is 14.0 Å². The third kappa shape index (κ3) is 5.29. The van der Waals surface area contributed by atoms with Gasteiger partial charge in [0.25, 0.3) is 5.91 Å². The first-order valence-corrected chi connectivity index (χ1v) is 5.58. The van der Waals surface area contributed by atoms with Crippen molar-refractivity contribution in [2.75, 3.05) is 13.2 Å². The molecule has 0 heterocycles. The van der Waals surface area contributed by atoms with Gasteiger partial charge in [-0.3, -0.25) is 10.1 Å². The van der Waals surface area contributed by atoms with Crippen LogP contribution in [0.3, 0.4) is 0 Å². The lowest BCUT2D eigenvalue weighted by molar-refractivity contribution is -0.122. The summed E-state index contributed by atoms with van der Waals surface area (Å²) in [4.78, 5) is 22.4. The molecule has 0 unspecified atom stereocenters. The lowest BCUT2D eigenvalue weighted by Crippen LogP contribution is -2.41. The number of carbonyl (C=O) groups is 2. The van der Waals surface area contributed by atoms with E-state index in [-0.39, 0.29) is 12.4 Å². The molecule has 0 aliphatic carbocycles. The topological polar surface area (TPSA) is 67.4 Å². The average Bonchev–Trinajstić information content (AvgIpc) is 2.35. The van der Waals surface area contributed by atoms with Crippen molar-refractivity contribution in [2.24, 2.45) is 0 Å². The van der Waals surface area contributed by atoms with Crippen molar-refractivity contribution in [3.8, 4) is 5.75 Å². The summed E-state index contributed by atoms with van der Waals surface area (Å²) in [5.41, 5.74) is 0. The number of rotatable bonds is 5. The molecule has 0 atom stereocenters. The summed E-state index contributed by atoms with van der Waals surface area (Å²) in [6, 6.07) is 4.70. The van der Waals surface area contributed by atoms with Crippen LogP contribution in [0.15, 0.2) is 24.3 Å². The molecule has 0 saturated heterocycles. The van der Waals surface area contributed by atoms with Crippen molar-refractivity contribution in [2.45, 2.75) is 13.3 Å². The van der Waals surface area contributed by atoms with E-state index in [0.29, 0.717) is 12.3 Å². The highest BCUT2D eigenvalue weighted by atomic mass is 19.1. The second kappa shape index (κ2) is 7.26. The quantitative estimate of drug-likeness (QED) is 0.835. The molecule has 0 radical (unpaired) electrons. The van der Waals surface area contributed by atoms with Crippen molar-refractivity contribution >= 4 is 11.9 Å². The van der Waals surface area contributed by atoms with Crippen LogP contribution >= 0.6 is 0 Å². The second-order valence-corrected chi connectivity index (χ2v) is 3.55. The molecule has 0 spiro atoms. The minimum Gasteiger partial charge on any atom is -0.484 e. The molecular formula is C12H15FN2O3. The molecule has 1 rings (SSSR count). The van der Waals surface area contributed by atoms with E-state index in [1.807, 2.05) is 6.92 Å². The number of halogens is 1. The molecule has 5 nitrogen and oxygen atoms in total. The number of ether oxygens (including phenoxy) is 1. The first-order chi connectivity index (χ1) is 8.61. The molecule has 0 saturated carbocycles. The summed E-state index contributed by atoms with van der Waals surface area (Å²) in [6.07, 6.45) is 0.785. The Morgan fingerprint density at radius 1 is 1.28 bits per heavy atom. The highest BCUT2D eigenvalue weighted by Gasteiger charge is 2.07. The number of nitrogens with one attached hydrogen (secondary N) is 2. The van der Waals surface area contributed by atoms with Crippen LogP contribution in [-0.2, 0) is 4.79 Å². The Kier molecular flexibility index (Phi) is 5.63. The van der Waals surface area contributed by atoms with Gasteiger partial charge in [-0.2, -0.15) is 0 Å². The number of hydrogen-bond donors (Lipinski definition) is 2. The van der Waals surface area contributed by atoms with Crippen LogP contribution in [0.5, 0.6) is 5.75 Å². The average molecular weight is 254 g/mol. The number of benzene rings is 1. The second-order valence-electron chi connectivity index (χ2n) is 3.55. The molecule has 6 heteroatoms. The van der Waals surface area contributed by atoms with Gasteiger partial charge in [0.1, 0.15) is 11.6 Å². The molecule has 1 aromatic rings. The first kappa shape index (κ1) is 14.0. The Morgan fingerprint density at radius 3 is 2.56 bits per heavy atom. The van der Waals surface area contributed by atoms with E-state index in [1.165, 1.54) is 24.3 Å². The zero-order chi connectivity index (χ0) is 13.4. The number of hydrogen-bond acceptors (Lipinski definition) is 3. The van der Waals surface area contributed by atoms with Gasteiger partial charge in [0.15, 0.2) is 6.61 Å². The monoisotopic (exact) mass is 254 g/mol. The highest BCUT2D eigenvalue weighted by Crippen LogP contribution is 2.10. The SMILES string of the molecule is CCCNC(=O)NC(=O)COc1ccc(F)cc1. The Balaban J connectivity index is 2.28. The Morgan fingerprint density at radius 2 is 1.94 bits per heavy atom. The van der Waals surface area contributed by atoms with Crippen molar-refractivity contribution in [3.05, 3.63) is 30.1 Å². The van der Waals surface area contributed by atoms with Crippen LogP contribution in [0, 0.1) is 5.82 Å². The maximum absolute atomic E-state index is 12.6. The van der Waals surface area contributed by atoms with Crippen LogP contribution < -0.4 is 15.4 Å². The molecule has 0 aliphatic rings. The third-order valence-corrected chi connectivity index (χ3v) is 1.97. The molecule has 0 aliphatic heterocycles. The number of carbonyl (C=O) groups excluding carboxylic acids is 2. The van der Waals surface area contributed by atoms with E-state index >= 15 is 0 Å². The fraction of sp³-hybridized carbons (Fsp3) is 0.333. The van der Waals surface area contributed by atoms with Crippen molar-refractivity contribution < 1.29 is 18.7 Å². The van der Waals surface area contributed by atoms with Gasteiger partial charge < -0.3 is 10.1 Å². The minimum atomic E-state index is -0.562. The van der Waals surface area contributed by atoms with Gasteiger partial charge in [0.2, 0.25) is 0 Å². The number of urea groups is 1. The molecule has 98 valence electrons. The summed E-state index contributed by atoms with van der Waals surface area (Å²) in [5, 5.41) is 4.60. The molecule has 2 N–H and O–H groups in total. The molecule has 1 aromatic carbocycles. The lowest BCUT2D eigenvalue weighted by Gasteiger charge is -2.07. The molecule has 3 amide bonds. The van der Waals surface area contributed by atoms with Gasteiger partial charge in [-0.25, -0.2) is 9.18 Å². The molecule has 0 aromatic heterocycles. The lowest BCUT2D eigenvalue weighted by atomic mass is 10.3. The zero-order valence-corrected chi connectivity index (χ0v) is 10.0. The smallest absolute Gasteiger partial charge is 0.321 e. The fourth-order valence-corrected chi connectivity index (χ4v) is 1.13. The van der Waals surface area contributed by atoms with Crippen molar-refractivity contribution in [1.82, 2.24) is 10.6 Å². The van der Waals surface area contributed by atoms with Gasteiger partial charge in [-0.05, 0) is 30.7 Å².